The predicted molar refractivity (Wildman–Crippen MR) is 550 cm³/mol. The second kappa shape index (κ2) is 31.4. The normalized spacial score (nSPS) is 11.7. The second-order valence-corrected chi connectivity index (χ2v) is 33.9. The van der Waals surface area contributed by atoms with Gasteiger partial charge in [-0.1, -0.05) is 352 Å². The number of hydrogen-bond acceptors (Lipinski definition) is 0. The molecule has 0 amide bonds. The quantitative estimate of drug-likeness (QED) is 0.124. The van der Waals surface area contributed by atoms with Gasteiger partial charge in [0, 0.05) is 98.8 Å². The van der Waals surface area contributed by atoms with Crippen molar-refractivity contribution >= 4 is 142 Å². The zero-order valence-electron chi connectivity index (χ0n) is 71.0. The Morgan fingerprint density at radius 3 is 0.554 bits per heavy atom. The van der Waals surface area contributed by atoms with Crippen LogP contribution >= 0.6 is 0 Å². The summed E-state index contributed by atoms with van der Waals surface area (Å²) in [6, 6.07) is 180. The number of aromatic nitrogens is 6. The fraction of sp³-hybridized carbons (Fsp3) is 0. The molecule has 0 N–H and O–H groups in total. The molecule has 0 radical (unpaired) electrons. The lowest BCUT2D eigenvalue weighted by Crippen LogP contribution is -1.95. The first kappa shape index (κ1) is 75.2. The average Bonchev–Trinajstić information content (AvgIpc) is 1.56. The molecular weight excluding hydrogens is 1570 g/mol. The molecule has 6 heterocycles. The fourth-order valence-corrected chi connectivity index (χ4v) is 20.5. The summed E-state index contributed by atoms with van der Waals surface area (Å²) in [5, 5.41) is 17.6. The van der Waals surface area contributed by atoms with Crippen LogP contribution in [0.25, 0.3) is 231 Å². The molecule has 27 aromatic rings. The summed E-state index contributed by atoms with van der Waals surface area (Å²) in [6.07, 6.45) is 0. The highest BCUT2D eigenvalue weighted by Crippen LogP contribution is 2.46. The van der Waals surface area contributed by atoms with Crippen LogP contribution in [0.2, 0.25) is 0 Å². The molecular formula is C124H82N6. The molecule has 0 aliphatic heterocycles. The molecule has 21 aromatic carbocycles. The van der Waals surface area contributed by atoms with E-state index < -0.39 is 0 Å². The molecule has 0 unspecified atom stereocenters. The fourth-order valence-electron chi connectivity index (χ4n) is 20.5. The number of hydrogen-bond donors (Lipinski definition) is 0. The molecule has 6 nitrogen and oxygen atoms in total. The largest absolute Gasteiger partial charge is 0.309 e. The minimum absolute atomic E-state index is 1.16. The summed E-state index contributed by atoms with van der Waals surface area (Å²) in [6.45, 7) is 0. The van der Waals surface area contributed by atoms with Gasteiger partial charge < -0.3 is 27.4 Å². The maximum Gasteiger partial charge on any atom is 0.0548 e. The molecule has 0 spiro atoms. The van der Waals surface area contributed by atoms with Crippen molar-refractivity contribution < 1.29 is 0 Å². The maximum absolute atomic E-state index is 2.43. The van der Waals surface area contributed by atoms with Gasteiger partial charge in [-0.25, -0.2) is 0 Å². The lowest BCUT2D eigenvalue weighted by Gasteiger charge is -2.11. The van der Waals surface area contributed by atoms with E-state index in [1.807, 2.05) is 0 Å². The van der Waals surface area contributed by atoms with Crippen LogP contribution < -0.4 is 0 Å². The smallest absolute Gasteiger partial charge is 0.0548 e. The summed E-state index contributed by atoms with van der Waals surface area (Å²) in [4.78, 5) is 0. The van der Waals surface area contributed by atoms with E-state index in [1.54, 1.807) is 0 Å². The Balaban J connectivity index is 0.000000105. The Morgan fingerprint density at radius 2 is 0.285 bits per heavy atom. The Kier molecular flexibility index (Phi) is 18.2. The molecule has 0 aliphatic carbocycles. The van der Waals surface area contributed by atoms with Gasteiger partial charge in [-0.3, -0.25) is 0 Å². The predicted octanol–water partition coefficient (Wildman–Crippen LogP) is 33.1. The molecule has 0 fully saturated rings. The third-order valence-electron chi connectivity index (χ3n) is 26.5. The van der Waals surface area contributed by atoms with Crippen molar-refractivity contribution in [1.29, 1.82) is 0 Å². The Hall–Kier alpha value is -17.3. The minimum Gasteiger partial charge on any atom is -0.309 e. The van der Waals surface area contributed by atoms with Crippen LogP contribution in [-0.4, -0.2) is 27.4 Å². The number of rotatable bonds is 11. The molecule has 608 valence electrons. The first-order valence-corrected chi connectivity index (χ1v) is 44.7. The highest BCUT2D eigenvalue weighted by molar-refractivity contribution is 6.23. The molecule has 130 heavy (non-hydrogen) atoms. The van der Waals surface area contributed by atoms with Crippen LogP contribution in [0, 0.1) is 0 Å². The molecule has 27 rings (SSSR count). The van der Waals surface area contributed by atoms with Gasteiger partial charge in [0.15, 0.2) is 0 Å². The summed E-state index contributed by atoms with van der Waals surface area (Å²) >= 11 is 0. The van der Waals surface area contributed by atoms with E-state index >= 15 is 0 Å². The third kappa shape index (κ3) is 12.8. The second-order valence-electron chi connectivity index (χ2n) is 33.9. The first-order chi connectivity index (χ1) is 64.5. The van der Waals surface area contributed by atoms with E-state index in [-0.39, 0.29) is 0 Å². The van der Waals surface area contributed by atoms with Crippen LogP contribution in [0.4, 0.5) is 0 Å². The van der Waals surface area contributed by atoms with E-state index in [9.17, 15) is 0 Å². The van der Waals surface area contributed by atoms with E-state index in [4.69, 9.17) is 0 Å². The van der Waals surface area contributed by atoms with Gasteiger partial charge in [0.25, 0.3) is 0 Å². The van der Waals surface area contributed by atoms with Gasteiger partial charge in [-0.15, -0.1) is 0 Å². The Bertz CT molecular complexity index is 8880. The van der Waals surface area contributed by atoms with Crippen LogP contribution in [0.15, 0.2) is 497 Å². The van der Waals surface area contributed by atoms with Gasteiger partial charge >= 0.3 is 0 Å². The van der Waals surface area contributed by atoms with Crippen molar-refractivity contribution in [2.75, 3.05) is 0 Å². The maximum atomic E-state index is 2.43. The molecule has 0 saturated heterocycles. The molecule has 6 heteroatoms. The van der Waals surface area contributed by atoms with Gasteiger partial charge in [0.1, 0.15) is 0 Å². The van der Waals surface area contributed by atoms with Crippen LogP contribution in [0.1, 0.15) is 0 Å². The van der Waals surface area contributed by atoms with Gasteiger partial charge in [-0.05, 0) is 212 Å². The molecule has 6 aromatic heterocycles. The molecule has 0 bridgehead atoms. The number of nitrogens with zero attached hydrogens (tertiary/aromatic N) is 6. The van der Waals surface area contributed by atoms with E-state index in [0.717, 1.165) is 22.7 Å². The van der Waals surface area contributed by atoms with E-state index in [0.29, 0.717) is 0 Å². The van der Waals surface area contributed by atoms with Crippen molar-refractivity contribution in [3.8, 4) is 89.8 Å². The zero-order valence-corrected chi connectivity index (χ0v) is 71.0. The number of fused-ring (bicyclic) bond motifs is 19. The van der Waals surface area contributed by atoms with Crippen LogP contribution in [0.3, 0.4) is 0 Å². The van der Waals surface area contributed by atoms with Gasteiger partial charge in [0.05, 0.1) is 66.2 Å². The lowest BCUT2D eigenvalue weighted by atomic mass is 10.1. The lowest BCUT2D eigenvalue weighted by molar-refractivity contribution is 1.17. The monoisotopic (exact) mass is 1650 g/mol. The van der Waals surface area contributed by atoms with Crippen molar-refractivity contribution in [1.82, 2.24) is 27.4 Å². The Morgan fingerprint density at radius 1 is 0.0923 bits per heavy atom. The molecule has 0 aliphatic rings. The highest BCUT2D eigenvalue weighted by Gasteiger charge is 2.24. The number of para-hydroxylation sites is 6. The van der Waals surface area contributed by atoms with Crippen LogP contribution in [-0.2, 0) is 0 Å². The average molecular weight is 1660 g/mol. The standard InChI is InChI=1S/2C42H28N2.C40H26N2/c1-3-13-29(14-4-1)31-17-11-19-33(25-31)43-39-23-9-7-21-35(39)37-28-42-38(27-41(37)43)36-22-8-10-24-40(36)44(42)34-20-12-18-32(26-34)30-15-5-2-6-16-30;1-3-12-29(13-4-1)31-22-24-33(25-23-31)43-39-20-9-7-18-35(39)37-28-42-38(27-41(37)43)36-19-8-10-21-40(36)44(42)34-17-11-16-32(26-34)30-14-5-2-6-15-30;1-2-10-27(11-3-1)29-18-21-31(22-19-29)41-37-16-8-6-14-33(37)35-26-40-36(25-39(35)41)34-15-7-9-17-38(34)42(40)32-23-20-28-12-4-5-13-30(28)24-32/h2*1-28H;1-26H. The van der Waals surface area contributed by atoms with Crippen molar-refractivity contribution in [2.24, 2.45) is 0 Å². The van der Waals surface area contributed by atoms with Crippen molar-refractivity contribution in [3.63, 3.8) is 0 Å². The topological polar surface area (TPSA) is 29.6 Å². The minimum atomic E-state index is 1.16. The van der Waals surface area contributed by atoms with E-state index in [1.165, 1.54) is 209 Å². The van der Waals surface area contributed by atoms with E-state index in [2.05, 4.69) is 525 Å². The van der Waals surface area contributed by atoms with Gasteiger partial charge in [-0.2, -0.15) is 0 Å². The number of benzene rings is 21. The Labute approximate surface area is 751 Å². The highest BCUT2D eigenvalue weighted by atomic mass is 15.0. The summed E-state index contributed by atoms with van der Waals surface area (Å²) in [7, 11) is 0. The molecule has 0 saturated carbocycles. The molecule has 0 atom stereocenters. The zero-order chi connectivity index (χ0) is 85.7. The van der Waals surface area contributed by atoms with Crippen LogP contribution in [0.5, 0.6) is 0 Å². The van der Waals surface area contributed by atoms with Gasteiger partial charge in [0.2, 0.25) is 0 Å². The first-order valence-electron chi connectivity index (χ1n) is 44.7. The third-order valence-corrected chi connectivity index (χ3v) is 26.5. The summed E-state index contributed by atoms with van der Waals surface area (Å²) in [5.74, 6) is 0. The SMILES string of the molecule is c1ccc(-c2ccc(-n3c4ccccc4c4cc5c(cc43)c3ccccc3n5-c3ccc4ccccc4c3)cc2)cc1.c1ccc(-c2ccc(-n3c4ccccc4c4cc5c(cc43)c3ccccc3n5-c3cccc(-c4ccccc4)c3)cc2)cc1.c1ccc(-c2cccc(-n3c4ccccc4c4cc5c(cc43)c3ccccc3n5-c3cccc(-c4ccccc4)c3)c2)cc1. The summed E-state index contributed by atoms with van der Waals surface area (Å²) in [5.41, 5.74) is 33.8. The van der Waals surface area contributed by atoms with Crippen molar-refractivity contribution in [3.05, 3.63) is 497 Å². The summed E-state index contributed by atoms with van der Waals surface area (Å²) < 4.78 is 14.5. The van der Waals surface area contributed by atoms with Crippen molar-refractivity contribution in [2.45, 2.75) is 0 Å².